The van der Waals surface area contributed by atoms with E-state index in [2.05, 4.69) is 23.5 Å². The number of nitrogens with zero attached hydrogens (tertiary/aromatic N) is 1. The van der Waals surface area contributed by atoms with Crippen LogP contribution >= 0.6 is 0 Å². The minimum atomic E-state index is -0.0775. The Morgan fingerprint density at radius 2 is 2.17 bits per heavy atom. The molecule has 0 atom stereocenters. The van der Waals surface area contributed by atoms with Crippen LogP contribution in [0.5, 0.6) is 0 Å². The van der Waals surface area contributed by atoms with E-state index in [-0.39, 0.29) is 5.91 Å². The molecule has 1 N–H and O–H groups in total. The number of amides is 1. The molecule has 0 aromatic rings. The van der Waals surface area contributed by atoms with Gasteiger partial charge in [-0.15, -0.1) is 0 Å². The topological polar surface area (TPSA) is 41.5 Å². The maximum Gasteiger partial charge on any atom is 0.217 e. The summed E-state index contributed by atoms with van der Waals surface area (Å²) in [5.41, 5.74) is 1.42. The highest BCUT2D eigenvalue weighted by molar-refractivity contribution is 5.98. The van der Waals surface area contributed by atoms with Crippen LogP contribution < -0.4 is 5.32 Å². The van der Waals surface area contributed by atoms with Crippen molar-refractivity contribution in [2.75, 3.05) is 6.54 Å². The van der Waals surface area contributed by atoms with E-state index in [1.165, 1.54) is 6.92 Å². The summed E-state index contributed by atoms with van der Waals surface area (Å²) in [5, 5.41) is 2.62. The third kappa shape index (κ3) is 5.41. The second-order valence-electron chi connectivity index (χ2n) is 2.45. The molecule has 0 aromatic heterocycles. The van der Waals surface area contributed by atoms with Crippen molar-refractivity contribution in [2.45, 2.75) is 13.8 Å². The van der Waals surface area contributed by atoms with Crippen LogP contribution in [0.15, 0.2) is 29.9 Å². The van der Waals surface area contributed by atoms with Gasteiger partial charge in [-0.05, 0) is 13.0 Å². The smallest absolute Gasteiger partial charge is 0.217 e. The SMILES string of the molecule is C=CC(CNC(C)=O)=NC(=C)C. The van der Waals surface area contributed by atoms with E-state index in [0.717, 1.165) is 5.71 Å². The standard InChI is InChI=1S/C9H14N2O/c1-5-9(11-7(2)3)6-10-8(4)12/h5H,1-2,6H2,3-4H3,(H,10,12). The van der Waals surface area contributed by atoms with Crippen molar-refractivity contribution >= 4 is 11.6 Å². The van der Waals surface area contributed by atoms with Crippen LogP contribution in [0.2, 0.25) is 0 Å². The van der Waals surface area contributed by atoms with Crippen LogP contribution in [-0.4, -0.2) is 18.2 Å². The van der Waals surface area contributed by atoms with E-state index in [4.69, 9.17) is 0 Å². The highest BCUT2D eigenvalue weighted by Crippen LogP contribution is 1.90. The van der Waals surface area contributed by atoms with Crippen molar-refractivity contribution in [2.24, 2.45) is 4.99 Å². The quantitative estimate of drug-likeness (QED) is 0.628. The molecule has 12 heavy (non-hydrogen) atoms. The zero-order valence-corrected chi connectivity index (χ0v) is 7.55. The molecule has 0 aromatic carbocycles. The first-order valence-corrected chi connectivity index (χ1v) is 3.66. The summed E-state index contributed by atoms with van der Waals surface area (Å²) in [5.74, 6) is -0.0775. The summed E-state index contributed by atoms with van der Waals surface area (Å²) in [6.07, 6.45) is 1.60. The van der Waals surface area contributed by atoms with Gasteiger partial charge in [-0.1, -0.05) is 13.2 Å². The number of carbonyl (C=O) groups excluding carboxylic acids is 1. The molecule has 0 spiro atoms. The molecular formula is C9H14N2O. The Hall–Kier alpha value is -1.38. The van der Waals surface area contributed by atoms with Gasteiger partial charge in [0.25, 0.3) is 0 Å². The van der Waals surface area contributed by atoms with Gasteiger partial charge >= 0.3 is 0 Å². The Bertz CT molecular complexity index is 229. The fourth-order valence-corrected chi connectivity index (χ4v) is 0.618. The van der Waals surface area contributed by atoms with Gasteiger partial charge in [0.05, 0.1) is 12.3 Å². The van der Waals surface area contributed by atoms with Crippen molar-refractivity contribution in [3.8, 4) is 0 Å². The molecule has 0 saturated heterocycles. The van der Waals surface area contributed by atoms with Crippen LogP contribution in [0, 0.1) is 0 Å². The molecule has 0 aliphatic rings. The fourth-order valence-electron chi connectivity index (χ4n) is 0.618. The number of nitrogens with one attached hydrogen (secondary N) is 1. The predicted molar refractivity (Wildman–Crippen MR) is 51.1 cm³/mol. The first-order valence-electron chi connectivity index (χ1n) is 3.66. The molecule has 0 bridgehead atoms. The van der Waals surface area contributed by atoms with Gasteiger partial charge in [0.1, 0.15) is 0 Å². The second-order valence-corrected chi connectivity index (χ2v) is 2.45. The zero-order valence-electron chi connectivity index (χ0n) is 7.55. The Kier molecular flexibility index (Phi) is 4.69. The van der Waals surface area contributed by atoms with Crippen molar-refractivity contribution < 1.29 is 4.79 Å². The molecule has 66 valence electrons. The maximum absolute atomic E-state index is 10.5. The monoisotopic (exact) mass is 166 g/mol. The first-order chi connectivity index (χ1) is 5.56. The molecule has 0 saturated carbocycles. The Labute approximate surface area is 72.9 Å². The Morgan fingerprint density at radius 1 is 1.58 bits per heavy atom. The number of carbonyl (C=O) groups is 1. The summed E-state index contributed by atoms with van der Waals surface area (Å²) in [6, 6.07) is 0. The van der Waals surface area contributed by atoms with Crippen LogP contribution in [0.1, 0.15) is 13.8 Å². The van der Waals surface area contributed by atoms with E-state index < -0.39 is 0 Å². The van der Waals surface area contributed by atoms with Gasteiger partial charge in [-0.2, -0.15) is 0 Å². The molecule has 0 aliphatic carbocycles. The fraction of sp³-hybridized carbons (Fsp3) is 0.333. The summed E-state index contributed by atoms with van der Waals surface area (Å²) < 4.78 is 0. The predicted octanol–water partition coefficient (Wildman–Crippen LogP) is 1.28. The average molecular weight is 166 g/mol. The largest absolute Gasteiger partial charge is 0.351 e. The number of hydrogen-bond acceptors (Lipinski definition) is 2. The Balaban J connectivity index is 4.09. The highest BCUT2D eigenvalue weighted by Gasteiger charge is 1.94. The van der Waals surface area contributed by atoms with Crippen LogP contribution in [0.4, 0.5) is 0 Å². The third-order valence-electron chi connectivity index (χ3n) is 1.09. The number of allylic oxidation sites excluding steroid dienone is 1. The van der Waals surface area contributed by atoms with Crippen LogP contribution in [0.25, 0.3) is 0 Å². The van der Waals surface area contributed by atoms with E-state index in [1.54, 1.807) is 13.0 Å². The molecule has 0 radical (unpaired) electrons. The lowest BCUT2D eigenvalue weighted by atomic mass is 10.3. The second kappa shape index (κ2) is 5.29. The van der Waals surface area contributed by atoms with E-state index >= 15 is 0 Å². The van der Waals surface area contributed by atoms with E-state index in [9.17, 15) is 4.79 Å². The number of aliphatic imine (C=N–C) groups is 1. The lowest BCUT2D eigenvalue weighted by Gasteiger charge is -2.01. The van der Waals surface area contributed by atoms with Gasteiger partial charge in [0, 0.05) is 12.6 Å². The van der Waals surface area contributed by atoms with Crippen molar-refractivity contribution in [3.05, 3.63) is 24.9 Å². The lowest BCUT2D eigenvalue weighted by Crippen LogP contribution is -2.26. The summed E-state index contributed by atoms with van der Waals surface area (Å²) in [6.45, 7) is 10.8. The minimum absolute atomic E-state index is 0.0775. The molecule has 3 nitrogen and oxygen atoms in total. The van der Waals surface area contributed by atoms with Gasteiger partial charge in [-0.3, -0.25) is 9.79 Å². The lowest BCUT2D eigenvalue weighted by molar-refractivity contribution is -0.118. The van der Waals surface area contributed by atoms with Gasteiger partial charge in [0.2, 0.25) is 5.91 Å². The first kappa shape index (κ1) is 10.6. The van der Waals surface area contributed by atoms with Crippen molar-refractivity contribution in [3.63, 3.8) is 0 Å². The molecule has 3 heteroatoms. The summed E-state index contributed by atoms with van der Waals surface area (Å²) in [7, 11) is 0. The normalized spacial score (nSPS) is 10.7. The summed E-state index contributed by atoms with van der Waals surface area (Å²) in [4.78, 5) is 14.6. The third-order valence-corrected chi connectivity index (χ3v) is 1.09. The average Bonchev–Trinajstić information content (AvgIpc) is 1.97. The molecule has 0 aliphatic heterocycles. The maximum atomic E-state index is 10.5. The number of hydrogen-bond donors (Lipinski definition) is 1. The van der Waals surface area contributed by atoms with Crippen molar-refractivity contribution in [1.82, 2.24) is 5.32 Å². The van der Waals surface area contributed by atoms with Gasteiger partial charge in [-0.25, -0.2) is 0 Å². The Morgan fingerprint density at radius 3 is 2.50 bits per heavy atom. The van der Waals surface area contributed by atoms with E-state index in [0.29, 0.717) is 12.2 Å². The van der Waals surface area contributed by atoms with Gasteiger partial charge in [0.15, 0.2) is 0 Å². The summed E-state index contributed by atoms with van der Waals surface area (Å²) >= 11 is 0. The molecule has 0 unspecified atom stereocenters. The van der Waals surface area contributed by atoms with Crippen LogP contribution in [0.3, 0.4) is 0 Å². The van der Waals surface area contributed by atoms with Crippen LogP contribution in [-0.2, 0) is 4.79 Å². The van der Waals surface area contributed by atoms with Gasteiger partial charge < -0.3 is 5.32 Å². The molecule has 0 heterocycles. The van der Waals surface area contributed by atoms with E-state index in [1.807, 2.05) is 0 Å². The number of rotatable bonds is 4. The molecule has 0 rings (SSSR count). The minimum Gasteiger partial charge on any atom is -0.351 e. The molecule has 1 amide bonds. The molecular weight excluding hydrogens is 152 g/mol. The highest BCUT2D eigenvalue weighted by atomic mass is 16.1. The molecule has 0 fully saturated rings. The van der Waals surface area contributed by atoms with Crippen molar-refractivity contribution in [1.29, 1.82) is 0 Å². The zero-order chi connectivity index (χ0) is 9.56.